The Hall–Kier alpha value is -1.75. The van der Waals surface area contributed by atoms with Gasteiger partial charge in [-0.3, -0.25) is 4.79 Å². The van der Waals surface area contributed by atoms with Gasteiger partial charge in [-0.2, -0.15) is 0 Å². The molecule has 1 aromatic carbocycles. The molecule has 5 N–H and O–H groups in total. The van der Waals surface area contributed by atoms with Gasteiger partial charge in [-0.1, -0.05) is 0 Å². The number of hydrogen-bond donors (Lipinski definition) is 4. The molecule has 1 aliphatic rings. The van der Waals surface area contributed by atoms with Crippen LogP contribution in [0.4, 0.5) is 5.69 Å². The molecule has 0 spiro atoms. The molecular formula is C11H14N2O3. The zero-order chi connectivity index (χ0) is 11.7. The Morgan fingerprint density at radius 3 is 2.75 bits per heavy atom. The van der Waals surface area contributed by atoms with E-state index in [0.29, 0.717) is 18.5 Å². The van der Waals surface area contributed by atoms with E-state index >= 15 is 0 Å². The van der Waals surface area contributed by atoms with Crippen molar-refractivity contribution >= 4 is 11.6 Å². The van der Waals surface area contributed by atoms with E-state index in [0.717, 1.165) is 0 Å². The summed E-state index contributed by atoms with van der Waals surface area (Å²) in [5, 5.41) is 21.1. The van der Waals surface area contributed by atoms with Gasteiger partial charge in [0.2, 0.25) is 0 Å². The second kappa shape index (κ2) is 4.02. The predicted octanol–water partition coefficient (Wildman–Crippen LogP) is 0.228. The van der Waals surface area contributed by atoms with E-state index in [1.54, 1.807) is 0 Å². The Balaban J connectivity index is 2.05. The number of carbonyl (C=O) groups excluding carboxylic acids is 1. The van der Waals surface area contributed by atoms with E-state index in [1.165, 1.54) is 18.2 Å². The lowest BCUT2D eigenvalue weighted by molar-refractivity contribution is 0.0563. The molecule has 0 radical (unpaired) electrons. The molecule has 0 aliphatic heterocycles. The van der Waals surface area contributed by atoms with Crippen LogP contribution in [0, 0.1) is 0 Å². The highest BCUT2D eigenvalue weighted by atomic mass is 16.3. The van der Waals surface area contributed by atoms with E-state index < -0.39 is 0 Å². The number of amides is 1. The van der Waals surface area contributed by atoms with Gasteiger partial charge in [-0.05, 0) is 31.0 Å². The summed E-state index contributed by atoms with van der Waals surface area (Å²) in [6, 6.07) is 4.25. The van der Waals surface area contributed by atoms with Crippen molar-refractivity contribution in [1.82, 2.24) is 5.32 Å². The average Bonchev–Trinajstić information content (AvgIpc) is 2.19. The number of nitrogens with two attached hydrogens (primary N) is 1. The molecule has 2 rings (SSSR count). The van der Waals surface area contributed by atoms with Crippen LogP contribution >= 0.6 is 0 Å². The Kier molecular flexibility index (Phi) is 2.70. The molecule has 1 aliphatic carbocycles. The first-order chi connectivity index (χ1) is 7.56. The monoisotopic (exact) mass is 222 g/mol. The molecule has 0 bridgehead atoms. The third-order valence-electron chi connectivity index (χ3n) is 2.73. The van der Waals surface area contributed by atoms with E-state index in [9.17, 15) is 9.90 Å². The third-order valence-corrected chi connectivity index (χ3v) is 2.73. The number of carbonyl (C=O) groups is 1. The molecule has 0 saturated heterocycles. The van der Waals surface area contributed by atoms with Gasteiger partial charge in [-0.15, -0.1) is 0 Å². The van der Waals surface area contributed by atoms with Gasteiger partial charge in [0, 0.05) is 11.7 Å². The first-order valence-electron chi connectivity index (χ1n) is 5.13. The Morgan fingerprint density at radius 1 is 1.44 bits per heavy atom. The highest BCUT2D eigenvalue weighted by Crippen LogP contribution is 2.22. The maximum Gasteiger partial charge on any atom is 0.253 e. The molecule has 0 atom stereocenters. The van der Waals surface area contributed by atoms with Gasteiger partial charge in [0.05, 0.1) is 11.7 Å². The SMILES string of the molecule is Nc1ccc(O)cc1C(=O)NC1CC(O)C1. The second-order valence-corrected chi connectivity index (χ2v) is 4.07. The number of phenolic OH excluding ortho intramolecular Hbond substituents is 1. The Morgan fingerprint density at radius 2 is 2.12 bits per heavy atom. The number of anilines is 1. The number of nitrogen functional groups attached to an aromatic ring is 1. The lowest BCUT2D eigenvalue weighted by Gasteiger charge is -2.32. The average molecular weight is 222 g/mol. The summed E-state index contributed by atoms with van der Waals surface area (Å²) >= 11 is 0. The van der Waals surface area contributed by atoms with Crippen molar-refractivity contribution in [3.63, 3.8) is 0 Å². The maximum atomic E-state index is 11.7. The summed E-state index contributed by atoms with van der Waals surface area (Å²) in [7, 11) is 0. The summed E-state index contributed by atoms with van der Waals surface area (Å²) in [4.78, 5) is 11.7. The number of rotatable bonds is 2. The topological polar surface area (TPSA) is 95.6 Å². The number of aliphatic hydroxyl groups is 1. The zero-order valence-corrected chi connectivity index (χ0v) is 8.68. The maximum absolute atomic E-state index is 11.7. The Bertz CT molecular complexity index is 414. The zero-order valence-electron chi connectivity index (χ0n) is 8.68. The number of nitrogens with one attached hydrogen (secondary N) is 1. The summed E-state index contributed by atoms with van der Waals surface area (Å²) in [5.41, 5.74) is 6.23. The fraction of sp³-hybridized carbons (Fsp3) is 0.364. The van der Waals surface area contributed by atoms with Crippen LogP contribution in [0.15, 0.2) is 18.2 Å². The first kappa shape index (κ1) is 10.8. The molecular weight excluding hydrogens is 208 g/mol. The minimum Gasteiger partial charge on any atom is -0.508 e. The molecule has 5 nitrogen and oxygen atoms in total. The fourth-order valence-corrected chi connectivity index (χ4v) is 1.71. The molecule has 16 heavy (non-hydrogen) atoms. The summed E-state index contributed by atoms with van der Waals surface area (Å²) in [6.45, 7) is 0. The standard InChI is InChI=1S/C11H14N2O3/c12-10-2-1-7(14)5-9(10)11(16)13-6-3-8(15)4-6/h1-2,5-6,8,14-15H,3-4,12H2,(H,13,16). The molecule has 5 heteroatoms. The quantitative estimate of drug-likeness (QED) is 0.425. The molecule has 0 heterocycles. The fourth-order valence-electron chi connectivity index (χ4n) is 1.71. The number of hydrogen-bond acceptors (Lipinski definition) is 4. The van der Waals surface area contributed by atoms with Crippen molar-refractivity contribution in [2.45, 2.75) is 25.0 Å². The van der Waals surface area contributed by atoms with Crippen molar-refractivity contribution < 1.29 is 15.0 Å². The first-order valence-corrected chi connectivity index (χ1v) is 5.13. The number of aliphatic hydroxyl groups excluding tert-OH is 1. The largest absolute Gasteiger partial charge is 0.508 e. The van der Waals surface area contributed by atoms with E-state index in [4.69, 9.17) is 10.8 Å². The highest BCUT2D eigenvalue weighted by Gasteiger charge is 2.29. The minimum atomic E-state index is -0.315. The molecule has 0 aromatic heterocycles. The van der Waals surface area contributed by atoms with E-state index in [1.807, 2.05) is 0 Å². The van der Waals surface area contributed by atoms with Crippen molar-refractivity contribution in [2.24, 2.45) is 0 Å². The van der Waals surface area contributed by atoms with Gasteiger partial charge in [0.1, 0.15) is 5.75 Å². The van der Waals surface area contributed by atoms with Crippen LogP contribution < -0.4 is 11.1 Å². The van der Waals surface area contributed by atoms with Crippen molar-refractivity contribution in [1.29, 1.82) is 0 Å². The number of aromatic hydroxyl groups is 1. The van der Waals surface area contributed by atoms with Crippen LogP contribution in [-0.2, 0) is 0 Å². The van der Waals surface area contributed by atoms with Crippen LogP contribution in [0.2, 0.25) is 0 Å². The molecule has 0 unspecified atom stereocenters. The van der Waals surface area contributed by atoms with Crippen LogP contribution in [0.3, 0.4) is 0 Å². The molecule has 1 aromatic rings. The van der Waals surface area contributed by atoms with Crippen LogP contribution in [0.5, 0.6) is 5.75 Å². The lowest BCUT2D eigenvalue weighted by atomic mass is 9.89. The number of benzene rings is 1. The van der Waals surface area contributed by atoms with E-state index in [2.05, 4.69) is 5.32 Å². The lowest BCUT2D eigenvalue weighted by Crippen LogP contribution is -2.46. The van der Waals surface area contributed by atoms with Crippen molar-refractivity contribution in [3.8, 4) is 5.75 Å². The third kappa shape index (κ3) is 2.09. The molecule has 1 saturated carbocycles. The van der Waals surface area contributed by atoms with Crippen molar-refractivity contribution in [3.05, 3.63) is 23.8 Å². The van der Waals surface area contributed by atoms with Crippen LogP contribution in [-0.4, -0.2) is 28.3 Å². The molecule has 1 fully saturated rings. The minimum absolute atomic E-state index is 0.00393. The summed E-state index contributed by atoms with van der Waals surface area (Å²) in [6.07, 6.45) is 0.835. The summed E-state index contributed by atoms with van der Waals surface area (Å²) < 4.78 is 0. The normalized spacial score (nSPS) is 23.6. The van der Waals surface area contributed by atoms with Gasteiger partial charge in [-0.25, -0.2) is 0 Å². The van der Waals surface area contributed by atoms with Gasteiger partial charge in [0.25, 0.3) is 5.91 Å². The Labute approximate surface area is 92.9 Å². The predicted molar refractivity (Wildman–Crippen MR) is 59.0 cm³/mol. The van der Waals surface area contributed by atoms with Gasteiger partial charge >= 0.3 is 0 Å². The van der Waals surface area contributed by atoms with Gasteiger partial charge in [0.15, 0.2) is 0 Å². The highest BCUT2D eigenvalue weighted by molar-refractivity contribution is 5.99. The summed E-state index contributed by atoms with van der Waals surface area (Å²) in [5.74, 6) is -0.307. The van der Waals surface area contributed by atoms with Crippen LogP contribution in [0.25, 0.3) is 0 Å². The second-order valence-electron chi connectivity index (χ2n) is 4.07. The smallest absolute Gasteiger partial charge is 0.253 e. The van der Waals surface area contributed by atoms with Gasteiger partial charge < -0.3 is 21.3 Å². The molecule has 1 amide bonds. The number of phenols is 1. The van der Waals surface area contributed by atoms with E-state index in [-0.39, 0.29) is 29.4 Å². The molecule has 86 valence electrons. The van der Waals surface area contributed by atoms with Crippen molar-refractivity contribution in [2.75, 3.05) is 5.73 Å². The van der Waals surface area contributed by atoms with Crippen LogP contribution in [0.1, 0.15) is 23.2 Å².